The van der Waals surface area contributed by atoms with Crippen molar-refractivity contribution in [3.63, 3.8) is 0 Å². The third kappa shape index (κ3) is 3.22. The summed E-state index contributed by atoms with van der Waals surface area (Å²) < 4.78 is 12.6. The van der Waals surface area contributed by atoms with Crippen molar-refractivity contribution in [3.8, 4) is 0 Å². The molecule has 0 spiro atoms. The van der Waals surface area contributed by atoms with Crippen LogP contribution in [-0.4, -0.2) is 10.6 Å². The lowest BCUT2D eigenvalue weighted by Gasteiger charge is -2.06. The van der Waals surface area contributed by atoms with Gasteiger partial charge in [0.05, 0.1) is 4.83 Å². The van der Waals surface area contributed by atoms with Gasteiger partial charge in [-0.25, -0.2) is 4.39 Å². The van der Waals surface area contributed by atoms with E-state index in [0.717, 1.165) is 5.56 Å². The molecule has 0 fully saturated rings. The molecule has 0 aliphatic heterocycles. The highest BCUT2D eigenvalue weighted by Crippen LogP contribution is 2.13. The Labute approximate surface area is 91.5 Å². The lowest BCUT2D eigenvalue weighted by molar-refractivity contribution is -0.118. The van der Waals surface area contributed by atoms with E-state index in [2.05, 4.69) is 15.9 Å². The lowest BCUT2D eigenvalue weighted by atomic mass is 10.1. The van der Waals surface area contributed by atoms with Gasteiger partial charge in [0.15, 0.2) is 0 Å². The van der Waals surface area contributed by atoms with Crippen LogP contribution in [0.3, 0.4) is 0 Å². The Hall–Kier alpha value is -0.700. The average Bonchev–Trinajstić information content (AvgIpc) is 2.20. The quantitative estimate of drug-likeness (QED) is 0.759. The van der Waals surface area contributed by atoms with Crippen LogP contribution in [0.4, 0.5) is 4.39 Å². The summed E-state index contributed by atoms with van der Waals surface area (Å²) in [6, 6.07) is 6.22. The molecule has 1 nitrogen and oxygen atoms in total. The van der Waals surface area contributed by atoms with Gasteiger partial charge in [-0.15, -0.1) is 0 Å². The standard InChI is InChI=1S/C11H12BrFO/c1-2-11(14)10(12)7-8-3-5-9(13)6-4-8/h3-6,10H,2,7H2,1H3. The van der Waals surface area contributed by atoms with Crippen molar-refractivity contribution in [3.05, 3.63) is 35.6 Å². The molecule has 0 saturated carbocycles. The fourth-order valence-corrected chi connectivity index (χ4v) is 1.86. The van der Waals surface area contributed by atoms with Gasteiger partial charge in [-0.1, -0.05) is 35.0 Å². The van der Waals surface area contributed by atoms with Crippen LogP contribution < -0.4 is 0 Å². The normalized spacial score (nSPS) is 12.5. The fourth-order valence-electron chi connectivity index (χ4n) is 1.16. The van der Waals surface area contributed by atoms with Gasteiger partial charge >= 0.3 is 0 Å². The van der Waals surface area contributed by atoms with Crippen LogP contribution >= 0.6 is 15.9 Å². The van der Waals surface area contributed by atoms with E-state index < -0.39 is 0 Å². The SMILES string of the molecule is CCC(=O)C(Br)Cc1ccc(F)cc1. The first-order valence-corrected chi connectivity index (χ1v) is 5.46. The maximum absolute atomic E-state index is 12.6. The molecular formula is C11H12BrFO. The van der Waals surface area contributed by atoms with Crippen LogP contribution in [0.2, 0.25) is 0 Å². The van der Waals surface area contributed by atoms with Gasteiger partial charge in [0, 0.05) is 6.42 Å². The maximum Gasteiger partial charge on any atom is 0.146 e. The summed E-state index contributed by atoms with van der Waals surface area (Å²) in [4.78, 5) is 11.1. The Balaban J connectivity index is 2.60. The maximum atomic E-state index is 12.6. The van der Waals surface area contributed by atoms with Crippen molar-refractivity contribution >= 4 is 21.7 Å². The van der Waals surface area contributed by atoms with E-state index in [9.17, 15) is 9.18 Å². The summed E-state index contributed by atoms with van der Waals surface area (Å²) in [6.07, 6.45) is 1.14. The number of alkyl halides is 1. The zero-order valence-electron chi connectivity index (χ0n) is 7.97. The van der Waals surface area contributed by atoms with E-state index in [4.69, 9.17) is 0 Å². The largest absolute Gasteiger partial charge is 0.298 e. The number of carbonyl (C=O) groups excluding carboxylic acids is 1. The highest BCUT2D eigenvalue weighted by molar-refractivity contribution is 9.10. The minimum atomic E-state index is -0.248. The summed E-state index contributed by atoms with van der Waals surface area (Å²) >= 11 is 3.32. The monoisotopic (exact) mass is 258 g/mol. The van der Waals surface area contributed by atoms with E-state index in [1.54, 1.807) is 12.1 Å². The number of halogens is 2. The zero-order chi connectivity index (χ0) is 10.6. The fraction of sp³-hybridized carbons (Fsp3) is 0.364. The summed E-state index contributed by atoms with van der Waals surface area (Å²) in [7, 11) is 0. The summed E-state index contributed by atoms with van der Waals surface area (Å²) in [5, 5.41) is 0. The smallest absolute Gasteiger partial charge is 0.146 e. The highest BCUT2D eigenvalue weighted by atomic mass is 79.9. The van der Waals surface area contributed by atoms with Crippen LogP contribution in [-0.2, 0) is 11.2 Å². The molecule has 0 saturated heterocycles. The molecule has 0 amide bonds. The average molecular weight is 259 g/mol. The molecule has 0 aliphatic carbocycles. The van der Waals surface area contributed by atoms with Crippen LogP contribution in [0.15, 0.2) is 24.3 Å². The Morgan fingerprint density at radius 1 is 1.43 bits per heavy atom. The van der Waals surface area contributed by atoms with Crippen molar-refractivity contribution in [2.45, 2.75) is 24.6 Å². The Kier molecular flexibility index (Phi) is 4.26. The van der Waals surface area contributed by atoms with Crippen molar-refractivity contribution in [1.82, 2.24) is 0 Å². The second-order valence-corrected chi connectivity index (χ2v) is 4.22. The molecule has 1 rings (SSSR count). The van der Waals surface area contributed by atoms with E-state index >= 15 is 0 Å². The predicted molar refractivity (Wildman–Crippen MR) is 58.1 cm³/mol. The molecule has 3 heteroatoms. The third-order valence-electron chi connectivity index (χ3n) is 2.03. The number of hydrogen-bond acceptors (Lipinski definition) is 1. The second kappa shape index (κ2) is 5.25. The van der Waals surface area contributed by atoms with E-state index in [0.29, 0.717) is 12.8 Å². The predicted octanol–water partition coefficient (Wildman–Crippen LogP) is 3.11. The van der Waals surface area contributed by atoms with Gasteiger partial charge in [0.2, 0.25) is 0 Å². The van der Waals surface area contributed by atoms with Crippen LogP contribution in [0.25, 0.3) is 0 Å². The topological polar surface area (TPSA) is 17.1 Å². The molecule has 0 N–H and O–H groups in total. The molecule has 0 aromatic heterocycles. The number of Topliss-reactive ketones (excluding diaryl/α,β-unsaturated/α-hetero) is 1. The molecule has 1 unspecified atom stereocenters. The number of rotatable bonds is 4. The number of hydrogen-bond donors (Lipinski definition) is 0. The van der Waals surface area contributed by atoms with Crippen LogP contribution in [0.1, 0.15) is 18.9 Å². The summed E-state index contributed by atoms with van der Waals surface area (Å²) in [6.45, 7) is 1.83. The molecule has 76 valence electrons. The Bertz CT molecular complexity index is 308. The number of benzene rings is 1. The highest BCUT2D eigenvalue weighted by Gasteiger charge is 2.12. The lowest BCUT2D eigenvalue weighted by Crippen LogP contribution is -2.15. The number of ketones is 1. The first-order chi connectivity index (χ1) is 6.63. The summed E-state index contributed by atoms with van der Waals surface area (Å²) in [5.74, 6) is -0.0731. The van der Waals surface area contributed by atoms with Crippen molar-refractivity contribution in [2.75, 3.05) is 0 Å². The molecule has 0 bridgehead atoms. The zero-order valence-corrected chi connectivity index (χ0v) is 9.55. The molecule has 0 heterocycles. The van der Waals surface area contributed by atoms with E-state index in [-0.39, 0.29) is 16.4 Å². The Morgan fingerprint density at radius 2 is 2.00 bits per heavy atom. The van der Waals surface area contributed by atoms with Gasteiger partial charge in [-0.05, 0) is 24.1 Å². The van der Waals surface area contributed by atoms with Gasteiger partial charge < -0.3 is 0 Å². The van der Waals surface area contributed by atoms with E-state index in [1.807, 2.05) is 6.92 Å². The van der Waals surface area contributed by atoms with E-state index in [1.165, 1.54) is 12.1 Å². The minimum Gasteiger partial charge on any atom is -0.298 e. The Morgan fingerprint density at radius 3 is 2.50 bits per heavy atom. The second-order valence-electron chi connectivity index (χ2n) is 3.12. The van der Waals surface area contributed by atoms with Gasteiger partial charge in [0.25, 0.3) is 0 Å². The third-order valence-corrected chi connectivity index (χ3v) is 2.86. The minimum absolute atomic E-state index is 0.155. The molecule has 0 aliphatic rings. The van der Waals surface area contributed by atoms with Gasteiger partial charge in [0.1, 0.15) is 11.6 Å². The van der Waals surface area contributed by atoms with Crippen molar-refractivity contribution in [1.29, 1.82) is 0 Å². The van der Waals surface area contributed by atoms with Crippen molar-refractivity contribution in [2.24, 2.45) is 0 Å². The number of carbonyl (C=O) groups is 1. The molecule has 1 atom stereocenters. The van der Waals surface area contributed by atoms with Crippen LogP contribution in [0.5, 0.6) is 0 Å². The van der Waals surface area contributed by atoms with Crippen LogP contribution in [0, 0.1) is 5.82 Å². The first-order valence-electron chi connectivity index (χ1n) is 4.54. The van der Waals surface area contributed by atoms with Gasteiger partial charge in [-0.3, -0.25) is 4.79 Å². The molecule has 14 heavy (non-hydrogen) atoms. The molecule has 1 aromatic carbocycles. The summed E-state index contributed by atoms with van der Waals surface area (Å²) in [5.41, 5.74) is 0.968. The van der Waals surface area contributed by atoms with Crippen molar-refractivity contribution < 1.29 is 9.18 Å². The molecule has 0 radical (unpaired) electrons. The molecule has 1 aromatic rings. The molecular weight excluding hydrogens is 247 g/mol. The first kappa shape index (κ1) is 11.4. The van der Waals surface area contributed by atoms with Gasteiger partial charge in [-0.2, -0.15) is 0 Å².